The molecule has 2 N–H and O–H groups in total. The molecule has 0 saturated heterocycles. The van der Waals surface area contributed by atoms with Gasteiger partial charge in [-0.3, -0.25) is 9.59 Å². The number of hydrogen-bond donors (Lipinski definition) is 2. The van der Waals surface area contributed by atoms with Crippen molar-refractivity contribution in [3.05, 3.63) is 90.9 Å². The van der Waals surface area contributed by atoms with E-state index in [1.807, 2.05) is 0 Å². The first-order valence-corrected chi connectivity index (χ1v) is 9.52. The summed E-state index contributed by atoms with van der Waals surface area (Å²) in [6.45, 7) is -0.263. The topological polar surface area (TPSA) is 106 Å². The van der Waals surface area contributed by atoms with Crippen molar-refractivity contribution >= 4 is 23.2 Å². The predicted octanol–water partition coefficient (Wildman–Crippen LogP) is 4.15. The van der Waals surface area contributed by atoms with Crippen LogP contribution in [0.4, 0.5) is 15.8 Å². The highest BCUT2D eigenvalue weighted by molar-refractivity contribution is 6.02. The molecule has 32 heavy (non-hydrogen) atoms. The summed E-state index contributed by atoms with van der Waals surface area (Å²) in [5.41, 5.74) is 1.40. The third-order valence-corrected chi connectivity index (χ3v) is 4.23. The summed E-state index contributed by atoms with van der Waals surface area (Å²) < 4.78 is 23.9. The summed E-state index contributed by atoms with van der Waals surface area (Å²) in [5, 5.41) is 5.30. The van der Waals surface area contributed by atoms with Crippen LogP contribution < -0.4 is 15.4 Å². The third kappa shape index (κ3) is 5.33. The zero-order valence-electron chi connectivity index (χ0n) is 16.6. The minimum atomic E-state index is -0.419. The number of aromatic nitrogens is 2. The van der Waals surface area contributed by atoms with Gasteiger partial charge in [-0.15, -0.1) is 0 Å². The Morgan fingerprint density at radius 2 is 1.75 bits per heavy atom. The number of amides is 2. The molecule has 160 valence electrons. The maximum atomic E-state index is 13.3. The third-order valence-electron chi connectivity index (χ3n) is 4.23. The Labute approximate surface area is 182 Å². The first-order chi connectivity index (χ1) is 15.6. The van der Waals surface area contributed by atoms with Gasteiger partial charge in [0.25, 0.3) is 11.8 Å². The molecule has 0 fully saturated rings. The average Bonchev–Trinajstić information content (AvgIpc) is 3.34. The van der Waals surface area contributed by atoms with Crippen molar-refractivity contribution in [2.75, 3.05) is 17.2 Å². The van der Waals surface area contributed by atoms with Crippen molar-refractivity contribution in [2.24, 2.45) is 0 Å². The second-order valence-corrected chi connectivity index (χ2v) is 6.60. The highest BCUT2D eigenvalue weighted by atomic mass is 19.1. The number of carbonyl (C=O) groups excluding carboxylic acids is 2. The molecule has 0 atom stereocenters. The lowest BCUT2D eigenvalue weighted by Crippen LogP contribution is -2.20. The zero-order chi connectivity index (χ0) is 22.3. The lowest BCUT2D eigenvalue weighted by Gasteiger charge is -2.09. The van der Waals surface area contributed by atoms with Gasteiger partial charge in [-0.25, -0.2) is 14.4 Å². The van der Waals surface area contributed by atoms with Crippen LogP contribution >= 0.6 is 0 Å². The van der Waals surface area contributed by atoms with Crippen LogP contribution in [0.5, 0.6) is 5.75 Å². The lowest BCUT2D eigenvalue weighted by atomic mass is 10.2. The summed E-state index contributed by atoms with van der Waals surface area (Å²) in [5.74, 6) is -0.280. The SMILES string of the molecule is O=C(COc1cccc(NC(=O)c2ccco2)c1)Nc1cnc(-c2cccc(F)c2)nc1. The number of nitrogens with one attached hydrogen (secondary N) is 2. The number of benzene rings is 2. The highest BCUT2D eigenvalue weighted by Gasteiger charge is 2.10. The largest absolute Gasteiger partial charge is 0.484 e. The van der Waals surface area contributed by atoms with Crippen molar-refractivity contribution in [3.63, 3.8) is 0 Å². The van der Waals surface area contributed by atoms with Gasteiger partial charge in [0.1, 0.15) is 11.6 Å². The van der Waals surface area contributed by atoms with Crippen LogP contribution in [0.25, 0.3) is 11.4 Å². The number of halogens is 1. The zero-order valence-corrected chi connectivity index (χ0v) is 16.6. The van der Waals surface area contributed by atoms with E-state index in [1.165, 1.54) is 30.8 Å². The molecule has 8 nitrogen and oxygen atoms in total. The Morgan fingerprint density at radius 1 is 0.938 bits per heavy atom. The van der Waals surface area contributed by atoms with Gasteiger partial charge < -0.3 is 19.8 Å². The molecule has 4 aromatic rings. The molecule has 0 bridgehead atoms. The number of anilines is 2. The van der Waals surface area contributed by atoms with E-state index >= 15 is 0 Å². The number of hydrogen-bond acceptors (Lipinski definition) is 6. The van der Waals surface area contributed by atoms with Crippen LogP contribution in [0.3, 0.4) is 0 Å². The Balaban J connectivity index is 1.31. The van der Waals surface area contributed by atoms with Gasteiger partial charge in [-0.2, -0.15) is 0 Å². The van der Waals surface area contributed by atoms with Crippen molar-refractivity contribution in [2.45, 2.75) is 0 Å². The molecule has 0 unspecified atom stereocenters. The minimum Gasteiger partial charge on any atom is -0.484 e. The number of rotatable bonds is 7. The lowest BCUT2D eigenvalue weighted by molar-refractivity contribution is -0.118. The maximum absolute atomic E-state index is 13.3. The summed E-state index contributed by atoms with van der Waals surface area (Å²) in [6.07, 6.45) is 4.26. The van der Waals surface area contributed by atoms with Gasteiger partial charge >= 0.3 is 0 Å². The molecule has 0 aliphatic heterocycles. The molecule has 0 aliphatic rings. The molecular weight excluding hydrogens is 415 g/mol. The van der Waals surface area contributed by atoms with E-state index in [9.17, 15) is 14.0 Å². The van der Waals surface area contributed by atoms with Crippen LogP contribution in [0.2, 0.25) is 0 Å². The number of carbonyl (C=O) groups is 2. The first-order valence-electron chi connectivity index (χ1n) is 9.52. The molecule has 0 radical (unpaired) electrons. The molecule has 2 amide bonds. The van der Waals surface area contributed by atoms with Gasteiger partial charge in [0.15, 0.2) is 18.2 Å². The molecular formula is C23H17FN4O4. The molecule has 9 heteroatoms. The second-order valence-electron chi connectivity index (χ2n) is 6.60. The Hall–Kier alpha value is -4.53. The predicted molar refractivity (Wildman–Crippen MR) is 115 cm³/mol. The van der Waals surface area contributed by atoms with Crippen LogP contribution in [0.1, 0.15) is 10.6 Å². The van der Waals surface area contributed by atoms with Crippen molar-refractivity contribution < 1.29 is 23.1 Å². The molecule has 2 heterocycles. The fourth-order valence-corrected chi connectivity index (χ4v) is 2.78. The number of furan rings is 1. The van der Waals surface area contributed by atoms with E-state index in [4.69, 9.17) is 9.15 Å². The Bertz CT molecular complexity index is 1230. The summed E-state index contributed by atoms with van der Waals surface area (Å²) in [6, 6.07) is 15.7. The van der Waals surface area contributed by atoms with Crippen molar-refractivity contribution in [1.82, 2.24) is 9.97 Å². The van der Waals surface area contributed by atoms with Gasteiger partial charge in [-0.05, 0) is 36.4 Å². The number of nitrogens with zero attached hydrogens (tertiary/aromatic N) is 2. The fraction of sp³-hybridized carbons (Fsp3) is 0.0435. The van der Waals surface area contributed by atoms with E-state index in [0.717, 1.165) is 0 Å². The molecule has 2 aromatic heterocycles. The minimum absolute atomic E-state index is 0.182. The Morgan fingerprint density at radius 3 is 2.50 bits per heavy atom. The summed E-state index contributed by atoms with van der Waals surface area (Å²) in [4.78, 5) is 32.5. The smallest absolute Gasteiger partial charge is 0.291 e. The van der Waals surface area contributed by atoms with E-state index in [2.05, 4.69) is 20.6 Å². The second kappa shape index (κ2) is 9.52. The Kier molecular flexibility index (Phi) is 6.17. The van der Waals surface area contributed by atoms with Crippen molar-refractivity contribution in [3.8, 4) is 17.1 Å². The monoisotopic (exact) mass is 432 g/mol. The fourth-order valence-electron chi connectivity index (χ4n) is 2.78. The van der Waals surface area contributed by atoms with Crippen LogP contribution in [0.15, 0.2) is 83.7 Å². The highest BCUT2D eigenvalue weighted by Crippen LogP contribution is 2.19. The average molecular weight is 432 g/mol. The molecule has 0 aliphatic carbocycles. The van der Waals surface area contributed by atoms with Crippen LogP contribution in [-0.4, -0.2) is 28.4 Å². The van der Waals surface area contributed by atoms with Gasteiger partial charge in [0.2, 0.25) is 0 Å². The van der Waals surface area contributed by atoms with Gasteiger partial charge in [0, 0.05) is 17.3 Å². The maximum Gasteiger partial charge on any atom is 0.291 e. The van der Waals surface area contributed by atoms with Crippen molar-refractivity contribution in [1.29, 1.82) is 0 Å². The van der Waals surface area contributed by atoms with Crippen LogP contribution in [0, 0.1) is 5.82 Å². The molecule has 0 saturated carbocycles. The van der Waals surface area contributed by atoms with Gasteiger partial charge in [0.05, 0.1) is 24.3 Å². The van der Waals surface area contributed by atoms with E-state index < -0.39 is 11.8 Å². The first kappa shape index (κ1) is 20.7. The quantitative estimate of drug-likeness (QED) is 0.455. The standard InChI is InChI=1S/C23H17FN4O4/c24-16-5-1-4-15(10-16)22-25-12-18(13-26-22)27-21(29)14-32-19-7-2-6-17(11-19)28-23(30)20-8-3-9-31-20/h1-13H,14H2,(H,27,29)(H,28,30). The van der Waals surface area contributed by atoms with E-state index in [1.54, 1.807) is 48.5 Å². The summed E-state index contributed by atoms with van der Waals surface area (Å²) in [7, 11) is 0. The summed E-state index contributed by atoms with van der Waals surface area (Å²) >= 11 is 0. The van der Waals surface area contributed by atoms with Crippen LogP contribution in [-0.2, 0) is 4.79 Å². The molecule has 0 spiro atoms. The molecule has 2 aromatic carbocycles. The van der Waals surface area contributed by atoms with E-state index in [-0.39, 0.29) is 18.2 Å². The number of ether oxygens (including phenoxy) is 1. The van der Waals surface area contributed by atoms with E-state index in [0.29, 0.717) is 28.5 Å². The normalized spacial score (nSPS) is 10.4. The van der Waals surface area contributed by atoms with Gasteiger partial charge in [-0.1, -0.05) is 18.2 Å². The molecule has 4 rings (SSSR count).